The Kier molecular flexibility index (Phi) is 4.87. The molecule has 0 saturated heterocycles. The second kappa shape index (κ2) is 7.36. The number of halogens is 4. The van der Waals surface area contributed by atoms with Gasteiger partial charge in [0.1, 0.15) is 11.5 Å². The number of anilines is 1. The summed E-state index contributed by atoms with van der Waals surface area (Å²) in [5, 5.41) is 4.27. The van der Waals surface area contributed by atoms with Crippen molar-refractivity contribution in [3.8, 4) is 11.3 Å². The van der Waals surface area contributed by atoms with Gasteiger partial charge in [0.05, 0.1) is 11.3 Å². The third-order valence-corrected chi connectivity index (χ3v) is 4.72. The van der Waals surface area contributed by atoms with Crippen LogP contribution in [0.25, 0.3) is 17.4 Å². The van der Waals surface area contributed by atoms with Crippen molar-refractivity contribution in [2.45, 2.75) is 6.18 Å². The maximum Gasteiger partial charge on any atom is 0.435 e. The lowest BCUT2D eigenvalue weighted by atomic mass is 10.1. The normalized spacial score (nSPS) is 15.9. The van der Waals surface area contributed by atoms with Gasteiger partial charge in [-0.05, 0) is 42.5 Å². The number of furan rings is 1. The van der Waals surface area contributed by atoms with Gasteiger partial charge in [-0.1, -0.05) is 46.3 Å². The van der Waals surface area contributed by atoms with Crippen molar-refractivity contribution in [1.82, 2.24) is 0 Å². The first-order valence-corrected chi connectivity index (χ1v) is 9.25. The van der Waals surface area contributed by atoms with Crippen LogP contribution in [0.4, 0.5) is 18.9 Å². The SMILES string of the molecule is O=C1C(=Cc2ccc(-c3ccc(Br)cc3)o2)C(C(F)(F)F)=NN1c1ccccc1. The highest BCUT2D eigenvalue weighted by Crippen LogP contribution is 2.33. The molecule has 1 amide bonds. The van der Waals surface area contributed by atoms with E-state index in [9.17, 15) is 18.0 Å². The Bertz CT molecular complexity index is 1120. The summed E-state index contributed by atoms with van der Waals surface area (Å²) in [4.78, 5) is 12.7. The van der Waals surface area contributed by atoms with E-state index >= 15 is 0 Å². The Morgan fingerprint density at radius 2 is 1.66 bits per heavy atom. The standard InChI is InChI=1S/C21H12BrF3N2O2/c22-14-8-6-13(7-9-14)18-11-10-16(29-18)12-17-19(21(23,24)25)26-27(20(17)28)15-4-2-1-3-5-15/h1-12H. The van der Waals surface area contributed by atoms with Crippen molar-refractivity contribution in [1.29, 1.82) is 0 Å². The van der Waals surface area contributed by atoms with Crippen LogP contribution in [0.5, 0.6) is 0 Å². The van der Waals surface area contributed by atoms with Crippen molar-refractivity contribution < 1.29 is 22.4 Å². The summed E-state index contributed by atoms with van der Waals surface area (Å²) < 4.78 is 47.0. The summed E-state index contributed by atoms with van der Waals surface area (Å²) in [6.45, 7) is 0. The fourth-order valence-corrected chi connectivity index (χ4v) is 3.10. The zero-order valence-corrected chi connectivity index (χ0v) is 16.2. The summed E-state index contributed by atoms with van der Waals surface area (Å²) in [5.74, 6) is -0.275. The second-order valence-electron chi connectivity index (χ2n) is 6.17. The maximum absolute atomic E-state index is 13.5. The monoisotopic (exact) mass is 460 g/mol. The van der Waals surface area contributed by atoms with E-state index in [1.54, 1.807) is 36.4 Å². The number of para-hydroxylation sites is 1. The molecule has 8 heteroatoms. The first kappa shape index (κ1) is 19.2. The maximum atomic E-state index is 13.5. The third-order valence-electron chi connectivity index (χ3n) is 4.19. The van der Waals surface area contributed by atoms with Gasteiger partial charge >= 0.3 is 6.18 Å². The summed E-state index contributed by atoms with van der Waals surface area (Å²) in [6.07, 6.45) is -3.72. The molecule has 29 heavy (non-hydrogen) atoms. The molecular weight excluding hydrogens is 449 g/mol. The van der Waals surface area contributed by atoms with Gasteiger partial charge in [-0.15, -0.1) is 0 Å². The van der Waals surface area contributed by atoms with E-state index in [0.29, 0.717) is 5.76 Å². The minimum Gasteiger partial charge on any atom is -0.457 e. The molecule has 1 aliphatic rings. The summed E-state index contributed by atoms with van der Waals surface area (Å²) >= 11 is 3.34. The molecule has 0 saturated carbocycles. The Balaban J connectivity index is 1.71. The van der Waals surface area contributed by atoms with Crippen LogP contribution in [0, 0.1) is 0 Å². The van der Waals surface area contributed by atoms with Crippen LogP contribution in [0.3, 0.4) is 0 Å². The quantitative estimate of drug-likeness (QED) is 0.446. The molecule has 0 radical (unpaired) electrons. The largest absolute Gasteiger partial charge is 0.457 e. The van der Waals surface area contributed by atoms with Gasteiger partial charge in [-0.25, -0.2) is 0 Å². The average molecular weight is 461 g/mol. The zero-order chi connectivity index (χ0) is 20.6. The van der Waals surface area contributed by atoms with Crippen LogP contribution < -0.4 is 5.01 Å². The number of hydrogen-bond donors (Lipinski definition) is 0. The molecule has 0 atom stereocenters. The molecule has 146 valence electrons. The highest BCUT2D eigenvalue weighted by atomic mass is 79.9. The van der Waals surface area contributed by atoms with Crippen LogP contribution in [0.15, 0.2) is 86.3 Å². The highest BCUT2D eigenvalue weighted by Gasteiger charge is 2.47. The lowest BCUT2D eigenvalue weighted by molar-refractivity contribution is -0.114. The molecular formula is C21H12BrF3N2O2. The molecule has 1 aromatic heterocycles. The molecule has 2 aromatic carbocycles. The van der Waals surface area contributed by atoms with E-state index in [1.807, 2.05) is 12.1 Å². The van der Waals surface area contributed by atoms with E-state index in [1.165, 1.54) is 18.2 Å². The number of nitrogens with zero attached hydrogens (tertiary/aromatic N) is 2. The molecule has 0 N–H and O–H groups in total. The topological polar surface area (TPSA) is 45.8 Å². The van der Waals surface area contributed by atoms with Crippen molar-refractivity contribution in [3.05, 3.63) is 82.5 Å². The minimum absolute atomic E-state index is 0.123. The number of carbonyl (C=O) groups excluding carboxylic acids is 1. The average Bonchev–Trinajstić information content (AvgIpc) is 3.28. The summed E-state index contributed by atoms with van der Waals surface area (Å²) in [7, 11) is 0. The van der Waals surface area contributed by atoms with Gasteiger partial charge in [0, 0.05) is 10.0 Å². The van der Waals surface area contributed by atoms with E-state index in [0.717, 1.165) is 21.1 Å². The molecule has 1 aliphatic heterocycles. The summed E-state index contributed by atoms with van der Waals surface area (Å²) in [6, 6.07) is 18.3. The Morgan fingerprint density at radius 1 is 0.966 bits per heavy atom. The molecule has 0 aliphatic carbocycles. The van der Waals surface area contributed by atoms with Gasteiger partial charge in [-0.3, -0.25) is 4.79 Å². The van der Waals surface area contributed by atoms with E-state index in [-0.39, 0.29) is 11.4 Å². The predicted octanol–water partition coefficient (Wildman–Crippen LogP) is 6.06. The van der Waals surface area contributed by atoms with Crippen molar-refractivity contribution >= 4 is 39.3 Å². The number of hydrogen-bond acceptors (Lipinski definition) is 3. The number of amides is 1. The molecule has 2 heterocycles. The van der Waals surface area contributed by atoms with Crippen LogP contribution in [0.1, 0.15) is 5.76 Å². The van der Waals surface area contributed by atoms with Crippen molar-refractivity contribution in [2.75, 3.05) is 5.01 Å². The fourth-order valence-electron chi connectivity index (χ4n) is 2.84. The summed E-state index contributed by atoms with van der Waals surface area (Å²) in [5.41, 5.74) is -0.824. The predicted molar refractivity (Wildman–Crippen MR) is 107 cm³/mol. The molecule has 4 rings (SSSR count). The third kappa shape index (κ3) is 3.88. The Morgan fingerprint density at radius 3 is 2.31 bits per heavy atom. The Hall–Kier alpha value is -3.13. The molecule has 0 fully saturated rings. The van der Waals surface area contributed by atoms with E-state index < -0.39 is 23.4 Å². The van der Waals surface area contributed by atoms with Crippen molar-refractivity contribution in [3.63, 3.8) is 0 Å². The van der Waals surface area contributed by atoms with Crippen molar-refractivity contribution in [2.24, 2.45) is 5.10 Å². The van der Waals surface area contributed by atoms with E-state index in [4.69, 9.17) is 4.42 Å². The van der Waals surface area contributed by atoms with Crippen LogP contribution >= 0.6 is 15.9 Å². The molecule has 0 unspecified atom stereocenters. The second-order valence-corrected chi connectivity index (χ2v) is 7.08. The number of alkyl halides is 3. The highest BCUT2D eigenvalue weighted by molar-refractivity contribution is 9.10. The first-order valence-electron chi connectivity index (χ1n) is 8.46. The molecule has 4 nitrogen and oxygen atoms in total. The zero-order valence-electron chi connectivity index (χ0n) is 14.7. The lowest BCUT2D eigenvalue weighted by Crippen LogP contribution is -2.25. The Labute approximate surface area is 172 Å². The van der Waals surface area contributed by atoms with Crippen LogP contribution in [-0.2, 0) is 4.79 Å². The van der Waals surface area contributed by atoms with Gasteiger partial charge in [0.2, 0.25) is 0 Å². The molecule has 0 bridgehead atoms. The first-order chi connectivity index (χ1) is 13.8. The number of rotatable bonds is 3. The van der Waals surface area contributed by atoms with E-state index in [2.05, 4.69) is 21.0 Å². The minimum atomic E-state index is -4.79. The van der Waals surface area contributed by atoms with Gasteiger partial charge in [0.25, 0.3) is 5.91 Å². The number of benzene rings is 2. The van der Waals surface area contributed by atoms with Gasteiger partial charge in [0.15, 0.2) is 5.71 Å². The van der Waals surface area contributed by atoms with Gasteiger partial charge in [-0.2, -0.15) is 23.3 Å². The fraction of sp³-hybridized carbons (Fsp3) is 0.0476. The van der Waals surface area contributed by atoms with Gasteiger partial charge < -0.3 is 4.42 Å². The lowest BCUT2D eigenvalue weighted by Gasteiger charge is -2.10. The molecule has 0 spiro atoms. The number of carbonyl (C=O) groups is 1. The number of hydrazone groups is 1. The van der Waals surface area contributed by atoms with Crippen LogP contribution in [-0.4, -0.2) is 17.8 Å². The molecule has 3 aromatic rings. The smallest absolute Gasteiger partial charge is 0.435 e. The van der Waals surface area contributed by atoms with Crippen LogP contribution in [0.2, 0.25) is 0 Å².